The van der Waals surface area contributed by atoms with E-state index in [1.165, 1.54) is 28.8 Å². The van der Waals surface area contributed by atoms with Crippen molar-refractivity contribution in [2.75, 3.05) is 18.9 Å². The smallest absolute Gasteiger partial charge is 0.252 e. The van der Waals surface area contributed by atoms with E-state index in [2.05, 4.69) is 5.32 Å². The number of sulfonamides is 1. The number of nitrogens with two attached hydrogens (primary N) is 1. The van der Waals surface area contributed by atoms with Crippen LogP contribution in [-0.2, 0) is 10.0 Å². The molecule has 0 aromatic carbocycles. The Morgan fingerprint density at radius 3 is 2.58 bits per heavy atom. The largest absolute Gasteiger partial charge is 0.369 e. The maximum absolute atomic E-state index is 12.4. The minimum Gasteiger partial charge on any atom is -0.369 e. The number of aliphatic hydroxyl groups excluding tert-OH is 1. The van der Waals surface area contributed by atoms with E-state index in [0.717, 1.165) is 16.2 Å². The molecule has 2 aromatic rings. The van der Waals surface area contributed by atoms with Crippen LogP contribution in [0.1, 0.15) is 33.3 Å². The molecule has 4 N–H and O–H groups in total. The molecule has 2 aromatic heterocycles. The summed E-state index contributed by atoms with van der Waals surface area (Å²) < 4.78 is 26.0. The first-order valence-corrected chi connectivity index (χ1v) is 10.1. The number of nitrogens with zero attached hydrogens (tertiary/aromatic N) is 1. The van der Waals surface area contributed by atoms with Crippen molar-refractivity contribution < 1.29 is 18.3 Å². The number of thiophene rings is 2. The van der Waals surface area contributed by atoms with E-state index in [-0.39, 0.29) is 14.8 Å². The molecule has 2 rings (SSSR count). The van der Waals surface area contributed by atoms with Crippen LogP contribution in [0.15, 0.2) is 22.4 Å². The Balaban J connectivity index is 2.38. The van der Waals surface area contributed by atoms with Crippen molar-refractivity contribution in [1.82, 2.24) is 4.31 Å². The van der Waals surface area contributed by atoms with Crippen LogP contribution >= 0.6 is 22.7 Å². The summed E-state index contributed by atoms with van der Waals surface area (Å²) in [6.45, 7) is 3.92. The lowest BCUT2D eigenvalue weighted by molar-refractivity contribution is 0.100. The van der Waals surface area contributed by atoms with Gasteiger partial charge >= 0.3 is 0 Å². The molecule has 10 heteroatoms. The lowest BCUT2D eigenvalue weighted by Gasteiger charge is -2.13. The standard InChI is InChI=1S/C14H19N3O4S3/c1-4-17(3)24(20,21)11-7-9(12(15)18)14(23-11)16-13(19)10-6-5-8(2)22-10/h5-7,13,16,19H,4H2,1-3H3,(H2,15,18). The number of aliphatic hydroxyl groups is 1. The Bertz CT molecular complexity index is 841. The molecule has 1 atom stereocenters. The fourth-order valence-electron chi connectivity index (χ4n) is 1.91. The van der Waals surface area contributed by atoms with Gasteiger partial charge in [0.25, 0.3) is 15.9 Å². The van der Waals surface area contributed by atoms with E-state index >= 15 is 0 Å². The summed E-state index contributed by atoms with van der Waals surface area (Å²) in [6, 6.07) is 4.86. The zero-order valence-corrected chi connectivity index (χ0v) is 15.9. The van der Waals surface area contributed by atoms with Crippen molar-refractivity contribution in [3.8, 4) is 0 Å². The monoisotopic (exact) mass is 389 g/mol. The van der Waals surface area contributed by atoms with Gasteiger partial charge in [-0.05, 0) is 25.1 Å². The Morgan fingerprint density at radius 1 is 1.42 bits per heavy atom. The van der Waals surface area contributed by atoms with Gasteiger partial charge < -0.3 is 16.2 Å². The van der Waals surface area contributed by atoms with Gasteiger partial charge in [0.1, 0.15) is 9.21 Å². The molecule has 1 unspecified atom stereocenters. The van der Waals surface area contributed by atoms with Crippen LogP contribution in [0.5, 0.6) is 0 Å². The van der Waals surface area contributed by atoms with Crippen molar-refractivity contribution in [1.29, 1.82) is 0 Å². The highest BCUT2D eigenvalue weighted by Gasteiger charge is 2.26. The third-order valence-electron chi connectivity index (χ3n) is 3.38. The van der Waals surface area contributed by atoms with E-state index < -0.39 is 22.2 Å². The van der Waals surface area contributed by atoms with Crippen molar-refractivity contribution in [2.45, 2.75) is 24.3 Å². The van der Waals surface area contributed by atoms with Crippen molar-refractivity contribution in [3.05, 3.63) is 33.5 Å². The van der Waals surface area contributed by atoms with E-state index in [1.54, 1.807) is 13.0 Å². The maximum Gasteiger partial charge on any atom is 0.252 e. The predicted octanol–water partition coefficient (Wildman–Crippen LogP) is 1.96. The Kier molecular flexibility index (Phi) is 5.66. The number of hydrogen-bond acceptors (Lipinski definition) is 7. The Labute approximate surface area is 148 Å². The second-order valence-electron chi connectivity index (χ2n) is 5.09. The second kappa shape index (κ2) is 7.19. The number of primary amides is 1. The molecule has 132 valence electrons. The van der Waals surface area contributed by atoms with Crippen LogP contribution in [0.4, 0.5) is 5.00 Å². The van der Waals surface area contributed by atoms with Gasteiger partial charge in [-0.3, -0.25) is 4.79 Å². The van der Waals surface area contributed by atoms with E-state index in [4.69, 9.17) is 5.73 Å². The molecule has 0 bridgehead atoms. The van der Waals surface area contributed by atoms with Crippen molar-refractivity contribution in [2.24, 2.45) is 5.73 Å². The SMILES string of the molecule is CCN(C)S(=O)(=O)c1cc(C(N)=O)c(NC(O)c2ccc(C)s2)s1. The van der Waals surface area contributed by atoms with Gasteiger partial charge in [-0.25, -0.2) is 12.7 Å². The Morgan fingerprint density at radius 2 is 2.08 bits per heavy atom. The molecule has 0 aliphatic heterocycles. The molecular weight excluding hydrogens is 370 g/mol. The lowest BCUT2D eigenvalue weighted by Crippen LogP contribution is -2.25. The predicted molar refractivity (Wildman–Crippen MR) is 96.0 cm³/mol. The molecule has 0 saturated carbocycles. The first-order chi connectivity index (χ1) is 11.2. The van der Waals surface area contributed by atoms with Crippen LogP contribution in [-0.4, -0.2) is 37.3 Å². The summed E-state index contributed by atoms with van der Waals surface area (Å²) in [7, 11) is -2.24. The minimum absolute atomic E-state index is 0.00212. The number of carbonyl (C=O) groups excluding carboxylic acids is 1. The first-order valence-electron chi connectivity index (χ1n) is 7.07. The zero-order chi connectivity index (χ0) is 18.1. The molecule has 0 fully saturated rings. The summed E-state index contributed by atoms with van der Waals surface area (Å²) in [5.41, 5.74) is 5.38. The molecule has 7 nitrogen and oxygen atoms in total. The van der Waals surface area contributed by atoms with E-state index in [0.29, 0.717) is 11.4 Å². The fraction of sp³-hybridized carbons (Fsp3) is 0.357. The van der Waals surface area contributed by atoms with Gasteiger partial charge in [0.15, 0.2) is 6.23 Å². The molecule has 0 radical (unpaired) electrons. The van der Waals surface area contributed by atoms with Gasteiger partial charge in [-0.15, -0.1) is 22.7 Å². The quantitative estimate of drug-likeness (QED) is 0.627. The molecule has 2 heterocycles. The minimum atomic E-state index is -3.70. The number of nitrogens with one attached hydrogen (secondary N) is 1. The first kappa shape index (κ1) is 18.9. The average Bonchev–Trinajstić information content (AvgIpc) is 3.13. The van der Waals surface area contributed by atoms with Crippen molar-refractivity contribution in [3.63, 3.8) is 0 Å². The topological polar surface area (TPSA) is 113 Å². The molecule has 0 aliphatic rings. The normalized spacial score (nSPS) is 13.2. The average molecular weight is 390 g/mol. The zero-order valence-electron chi connectivity index (χ0n) is 13.4. The number of hydrogen-bond donors (Lipinski definition) is 3. The summed E-state index contributed by atoms with van der Waals surface area (Å²) in [4.78, 5) is 13.3. The van der Waals surface area contributed by atoms with Crippen LogP contribution in [0.2, 0.25) is 0 Å². The van der Waals surface area contributed by atoms with Crippen LogP contribution in [0.25, 0.3) is 0 Å². The van der Waals surface area contributed by atoms with E-state index in [1.807, 2.05) is 13.0 Å². The fourth-order valence-corrected chi connectivity index (χ4v) is 5.50. The Hall–Kier alpha value is -1.46. The molecule has 0 spiro atoms. The highest BCUT2D eigenvalue weighted by Crippen LogP contribution is 2.35. The molecule has 0 saturated heterocycles. The highest BCUT2D eigenvalue weighted by molar-refractivity contribution is 7.91. The second-order valence-corrected chi connectivity index (χ2v) is 9.73. The van der Waals surface area contributed by atoms with Crippen molar-refractivity contribution >= 4 is 43.6 Å². The van der Waals surface area contributed by atoms with Gasteiger partial charge in [0.2, 0.25) is 0 Å². The summed E-state index contributed by atoms with van der Waals surface area (Å²) >= 11 is 2.27. The van der Waals surface area contributed by atoms with Gasteiger partial charge in [-0.1, -0.05) is 6.92 Å². The van der Waals surface area contributed by atoms with Crippen LogP contribution in [0, 0.1) is 6.92 Å². The molecule has 0 aliphatic carbocycles. The number of aryl methyl sites for hydroxylation is 1. The highest BCUT2D eigenvalue weighted by atomic mass is 32.2. The molecule has 24 heavy (non-hydrogen) atoms. The third kappa shape index (κ3) is 3.78. The molecular formula is C14H19N3O4S3. The third-order valence-corrected chi connectivity index (χ3v) is 7.88. The summed E-state index contributed by atoms with van der Waals surface area (Å²) in [5.74, 6) is -0.760. The number of rotatable bonds is 7. The maximum atomic E-state index is 12.4. The van der Waals surface area contributed by atoms with Gasteiger partial charge in [0.05, 0.1) is 10.4 Å². The number of anilines is 1. The number of carbonyl (C=O) groups is 1. The van der Waals surface area contributed by atoms with Crippen LogP contribution in [0.3, 0.4) is 0 Å². The lowest BCUT2D eigenvalue weighted by atomic mass is 10.3. The van der Waals surface area contributed by atoms with Gasteiger partial charge in [0, 0.05) is 18.5 Å². The summed E-state index contributed by atoms with van der Waals surface area (Å²) in [5, 5.41) is 13.3. The van der Waals surface area contributed by atoms with Crippen LogP contribution < -0.4 is 11.1 Å². The molecule has 1 amide bonds. The van der Waals surface area contributed by atoms with Gasteiger partial charge in [-0.2, -0.15) is 0 Å². The number of amides is 1. The van der Waals surface area contributed by atoms with E-state index in [9.17, 15) is 18.3 Å². The summed E-state index contributed by atoms with van der Waals surface area (Å²) in [6.07, 6.45) is -1.06.